The van der Waals surface area contributed by atoms with Crippen LogP contribution in [0, 0.1) is 0 Å². The average Bonchev–Trinajstić information content (AvgIpc) is 2.53. The topological polar surface area (TPSA) is 115 Å². The maximum atomic E-state index is 12.0. The summed E-state index contributed by atoms with van der Waals surface area (Å²) >= 11 is 5.79. The average molecular weight is 353 g/mol. The Hall–Kier alpha value is -2.87. The van der Waals surface area contributed by atoms with Gasteiger partial charge in [0.15, 0.2) is 12.0 Å². The SMILES string of the molecule is CCNC(=O)NC(=O)COC(=O)c1cc(=O)c2cc(Cl)ccc2o1. The van der Waals surface area contributed by atoms with E-state index in [0.717, 1.165) is 6.07 Å². The molecular formula is C15H13ClN2O6. The number of halogens is 1. The molecule has 0 unspecified atom stereocenters. The molecule has 0 saturated heterocycles. The van der Waals surface area contributed by atoms with E-state index in [1.54, 1.807) is 6.92 Å². The van der Waals surface area contributed by atoms with E-state index in [1.807, 2.05) is 5.32 Å². The highest BCUT2D eigenvalue weighted by molar-refractivity contribution is 6.31. The minimum Gasteiger partial charge on any atom is -0.450 e. The van der Waals surface area contributed by atoms with Crippen LogP contribution in [-0.2, 0) is 9.53 Å². The van der Waals surface area contributed by atoms with E-state index < -0.39 is 29.9 Å². The molecule has 0 saturated carbocycles. The number of hydrogen-bond donors (Lipinski definition) is 2. The standard InChI is InChI=1S/C15H13ClN2O6/c1-2-17-15(22)18-13(20)7-23-14(21)12-6-10(19)9-5-8(16)3-4-11(9)24-12/h3-6H,2,7H2,1H3,(H2,17,18,20,22). The zero-order valence-corrected chi connectivity index (χ0v) is 13.3. The van der Waals surface area contributed by atoms with Gasteiger partial charge in [-0.1, -0.05) is 11.6 Å². The van der Waals surface area contributed by atoms with Gasteiger partial charge in [0.2, 0.25) is 5.76 Å². The van der Waals surface area contributed by atoms with Crippen LogP contribution in [0.2, 0.25) is 5.02 Å². The number of hydrogen-bond acceptors (Lipinski definition) is 6. The third kappa shape index (κ3) is 4.32. The number of amides is 3. The second-order valence-electron chi connectivity index (χ2n) is 4.60. The van der Waals surface area contributed by atoms with Gasteiger partial charge in [-0.2, -0.15) is 0 Å². The summed E-state index contributed by atoms with van der Waals surface area (Å²) in [6.45, 7) is 1.32. The van der Waals surface area contributed by atoms with Crippen LogP contribution in [-0.4, -0.2) is 31.1 Å². The van der Waals surface area contributed by atoms with Gasteiger partial charge in [0.05, 0.1) is 5.39 Å². The first-order valence-corrected chi connectivity index (χ1v) is 7.26. The lowest BCUT2D eigenvalue weighted by atomic mass is 10.2. The number of urea groups is 1. The van der Waals surface area contributed by atoms with Crippen LogP contribution in [0.4, 0.5) is 4.79 Å². The third-order valence-corrected chi connectivity index (χ3v) is 3.05. The number of benzene rings is 1. The van der Waals surface area contributed by atoms with Gasteiger partial charge in [0, 0.05) is 17.6 Å². The van der Waals surface area contributed by atoms with Crippen LogP contribution in [0.25, 0.3) is 11.0 Å². The van der Waals surface area contributed by atoms with Crippen molar-refractivity contribution in [3.05, 3.63) is 45.3 Å². The molecule has 0 radical (unpaired) electrons. The van der Waals surface area contributed by atoms with Crippen molar-refractivity contribution in [3.8, 4) is 0 Å². The third-order valence-electron chi connectivity index (χ3n) is 2.81. The molecule has 3 amide bonds. The summed E-state index contributed by atoms with van der Waals surface area (Å²) in [6.07, 6.45) is 0. The summed E-state index contributed by atoms with van der Waals surface area (Å²) in [7, 11) is 0. The lowest BCUT2D eigenvalue weighted by Gasteiger charge is -2.06. The van der Waals surface area contributed by atoms with Crippen LogP contribution in [0.1, 0.15) is 17.5 Å². The maximum Gasteiger partial charge on any atom is 0.374 e. The van der Waals surface area contributed by atoms with Gasteiger partial charge in [-0.15, -0.1) is 0 Å². The van der Waals surface area contributed by atoms with Crippen LogP contribution >= 0.6 is 11.6 Å². The van der Waals surface area contributed by atoms with E-state index in [4.69, 9.17) is 20.8 Å². The Bertz CT molecular complexity index is 861. The fourth-order valence-electron chi connectivity index (χ4n) is 1.80. The molecule has 0 aliphatic heterocycles. The van der Waals surface area contributed by atoms with Crippen LogP contribution in [0.5, 0.6) is 0 Å². The molecule has 1 aromatic carbocycles. The van der Waals surface area contributed by atoms with Crippen molar-refractivity contribution in [3.63, 3.8) is 0 Å². The lowest BCUT2D eigenvalue weighted by Crippen LogP contribution is -2.41. The molecule has 0 aliphatic carbocycles. The monoisotopic (exact) mass is 352 g/mol. The number of fused-ring (bicyclic) bond motifs is 1. The molecule has 126 valence electrons. The molecule has 24 heavy (non-hydrogen) atoms. The summed E-state index contributed by atoms with van der Waals surface area (Å²) in [5, 5.41) is 4.88. The Kier molecular flexibility index (Phi) is 5.54. The number of nitrogens with one attached hydrogen (secondary N) is 2. The van der Waals surface area contributed by atoms with E-state index in [9.17, 15) is 19.2 Å². The van der Waals surface area contributed by atoms with E-state index in [2.05, 4.69) is 5.32 Å². The quantitative estimate of drug-likeness (QED) is 0.805. The zero-order chi connectivity index (χ0) is 17.7. The number of rotatable bonds is 4. The molecule has 8 nitrogen and oxygen atoms in total. The summed E-state index contributed by atoms with van der Waals surface area (Å²) in [4.78, 5) is 46.4. The molecule has 0 spiro atoms. The van der Waals surface area contributed by atoms with Crippen molar-refractivity contribution in [2.24, 2.45) is 0 Å². The molecule has 0 fully saturated rings. The second-order valence-corrected chi connectivity index (χ2v) is 5.04. The van der Waals surface area contributed by atoms with Gasteiger partial charge in [-0.05, 0) is 25.1 Å². The van der Waals surface area contributed by atoms with Gasteiger partial charge in [0.25, 0.3) is 5.91 Å². The molecule has 2 rings (SSSR count). The largest absolute Gasteiger partial charge is 0.450 e. The van der Waals surface area contributed by atoms with E-state index >= 15 is 0 Å². The first-order chi connectivity index (χ1) is 11.4. The van der Waals surface area contributed by atoms with Gasteiger partial charge in [-0.25, -0.2) is 9.59 Å². The Labute approximate surface area is 140 Å². The molecule has 2 aromatic rings. The van der Waals surface area contributed by atoms with Crippen molar-refractivity contribution in [2.45, 2.75) is 6.92 Å². The number of imide groups is 1. The Balaban J connectivity index is 2.06. The number of carbonyl (C=O) groups excluding carboxylic acids is 3. The number of carbonyl (C=O) groups is 3. The first kappa shape index (κ1) is 17.5. The highest BCUT2D eigenvalue weighted by Crippen LogP contribution is 2.17. The zero-order valence-electron chi connectivity index (χ0n) is 12.6. The highest BCUT2D eigenvalue weighted by Gasteiger charge is 2.16. The fraction of sp³-hybridized carbons (Fsp3) is 0.200. The van der Waals surface area contributed by atoms with Gasteiger partial charge in [-0.3, -0.25) is 14.9 Å². The van der Waals surface area contributed by atoms with Crippen molar-refractivity contribution in [1.82, 2.24) is 10.6 Å². The number of esters is 1. The molecule has 1 aromatic heterocycles. The van der Waals surface area contributed by atoms with E-state index in [1.165, 1.54) is 18.2 Å². The molecule has 1 heterocycles. The predicted molar refractivity (Wildman–Crippen MR) is 85.0 cm³/mol. The van der Waals surface area contributed by atoms with Gasteiger partial charge < -0.3 is 14.5 Å². The Morgan fingerprint density at radius 1 is 1.25 bits per heavy atom. The number of ether oxygens (including phenoxy) is 1. The summed E-state index contributed by atoms with van der Waals surface area (Å²) in [5.41, 5.74) is -0.317. The van der Waals surface area contributed by atoms with Crippen molar-refractivity contribution >= 4 is 40.5 Å². The Morgan fingerprint density at radius 3 is 2.71 bits per heavy atom. The minimum atomic E-state index is -1.00. The predicted octanol–water partition coefficient (Wildman–Crippen LogP) is 1.45. The van der Waals surface area contributed by atoms with Crippen LogP contribution < -0.4 is 16.1 Å². The lowest BCUT2D eigenvalue weighted by molar-refractivity contribution is -0.123. The Morgan fingerprint density at radius 2 is 2.00 bits per heavy atom. The summed E-state index contributed by atoms with van der Waals surface area (Å²) in [5.74, 6) is -2.18. The molecule has 0 aliphatic rings. The van der Waals surface area contributed by atoms with Crippen LogP contribution in [0.3, 0.4) is 0 Å². The van der Waals surface area contributed by atoms with E-state index in [0.29, 0.717) is 11.6 Å². The smallest absolute Gasteiger partial charge is 0.374 e. The molecule has 0 bridgehead atoms. The van der Waals surface area contributed by atoms with Crippen molar-refractivity contribution < 1.29 is 23.5 Å². The molecule has 2 N–H and O–H groups in total. The summed E-state index contributed by atoms with van der Waals surface area (Å²) in [6, 6.07) is 4.60. The maximum absolute atomic E-state index is 12.0. The highest BCUT2D eigenvalue weighted by atomic mass is 35.5. The summed E-state index contributed by atoms with van der Waals surface area (Å²) < 4.78 is 9.97. The van der Waals surface area contributed by atoms with Gasteiger partial charge >= 0.3 is 12.0 Å². The van der Waals surface area contributed by atoms with Gasteiger partial charge in [0.1, 0.15) is 5.58 Å². The van der Waals surface area contributed by atoms with Crippen molar-refractivity contribution in [1.29, 1.82) is 0 Å². The van der Waals surface area contributed by atoms with Crippen molar-refractivity contribution in [2.75, 3.05) is 13.2 Å². The molecular weight excluding hydrogens is 340 g/mol. The molecule has 9 heteroatoms. The molecule has 0 atom stereocenters. The van der Waals surface area contributed by atoms with Crippen LogP contribution in [0.15, 0.2) is 33.5 Å². The minimum absolute atomic E-state index is 0.158. The van der Waals surface area contributed by atoms with E-state index in [-0.39, 0.29) is 16.7 Å². The first-order valence-electron chi connectivity index (χ1n) is 6.89. The second kappa shape index (κ2) is 7.60. The fourth-order valence-corrected chi connectivity index (χ4v) is 1.97. The normalized spacial score (nSPS) is 10.2.